The molecule has 0 saturated heterocycles. The van der Waals surface area contributed by atoms with Gasteiger partial charge in [-0.1, -0.05) is 11.8 Å². The van der Waals surface area contributed by atoms with Crippen LogP contribution in [0.15, 0.2) is 11.4 Å². The normalized spacial score (nSPS) is 10.1. The van der Waals surface area contributed by atoms with E-state index in [1.54, 1.807) is 11.3 Å². The van der Waals surface area contributed by atoms with Crippen molar-refractivity contribution in [1.82, 2.24) is 4.90 Å². The predicted octanol–water partition coefficient (Wildman–Crippen LogP) is 0.516. The van der Waals surface area contributed by atoms with Crippen LogP contribution >= 0.6 is 11.3 Å². The summed E-state index contributed by atoms with van der Waals surface area (Å²) in [5.74, 6) is 5.48. The van der Waals surface area contributed by atoms with E-state index >= 15 is 0 Å². The molecule has 0 saturated carbocycles. The summed E-state index contributed by atoms with van der Waals surface area (Å²) < 4.78 is 0. The summed E-state index contributed by atoms with van der Waals surface area (Å²) in [5, 5.41) is 19.3. The molecule has 0 radical (unpaired) electrons. The quantitative estimate of drug-likeness (QED) is 0.734. The summed E-state index contributed by atoms with van der Waals surface area (Å²) in [6.45, 7) is 1.58. The highest BCUT2D eigenvalue weighted by molar-refractivity contribution is 7.10. The molecule has 1 rings (SSSR count). The fourth-order valence-corrected chi connectivity index (χ4v) is 2.08. The van der Waals surface area contributed by atoms with Gasteiger partial charge >= 0.3 is 0 Å². The minimum Gasteiger partial charge on any atom is -0.395 e. The number of nitrogens with zero attached hydrogens (tertiary/aromatic N) is 1. The second-order valence-electron chi connectivity index (χ2n) is 3.22. The second-order valence-corrected chi connectivity index (χ2v) is 4.22. The molecule has 82 valence electrons. The van der Waals surface area contributed by atoms with Gasteiger partial charge in [0.15, 0.2) is 0 Å². The van der Waals surface area contributed by atoms with E-state index in [-0.39, 0.29) is 13.2 Å². The molecule has 1 aromatic heterocycles. The zero-order valence-electron chi connectivity index (χ0n) is 8.73. The van der Waals surface area contributed by atoms with Gasteiger partial charge in [0.05, 0.1) is 6.61 Å². The van der Waals surface area contributed by atoms with Crippen LogP contribution < -0.4 is 0 Å². The molecule has 0 aromatic carbocycles. The van der Waals surface area contributed by atoms with Crippen LogP contribution in [0, 0.1) is 11.8 Å². The molecule has 0 aliphatic heterocycles. The van der Waals surface area contributed by atoms with Crippen molar-refractivity contribution in [2.75, 3.05) is 26.8 Å². The van der Waals surface area contributed by atoms with Crippen LogP contribution in [0.1, 0.15) is 10.4 Å². The number of rotatable bonds is 4. The van der Waals surface area contributed by atoms with Crippen molar-refractivity contribution in [3.63, 3.8) is 0 Å². The third-order valence-electron chi connectivity index (χ3n) is 1.87. The molecule has 4 heteroatoms. The maximum absolute atomic E-state index is 8.75. The topological polar surface area (TPSA) is 43.7 Å². The molecule has 0 aliphatic carbocycles. The van der Waals surface area contributed by atoms with Gasteiger partial charge < -0.3 is 10.2 Å². The van der Waals surface area contributed by atoms with Gasteiger partial charge in [-0.25, -0.2) is 0 Å². The van der Waals surface area contributed by atoms with Crippen LogP contribution in [-0.2, 0) is 6.54 Å². The van der Waals surface area contributed by atoms with Crippen LogP contribution in [-0.4, -0.2) is 41.9 Å². The Morgan fingerprint density at radius 2 is 2.27 bits per heavy atom. The summed E-state index contributed by atoms with van der Waals surface area (Å²) in [6.07, 6.45) is 0. The molecule has 0 unspecified atom stereocenters. The third kappa shape index (κ3) is 4.45. The third-order valence-corrected chi connectivity index (χ3v) is 2.79. The molecule has 1 aromatic rings. The van der Waals surface area contributed by atoms with Gasteiger partial charge in [0.25, 0.3) is 0 Å². The van der Waals surface area contributed by atoms with Crippen molar-refractivity contribution >= 4 is 11.3 Å². The maximum atomic E-state index is 8.75. The lowest BCUT2D eigenvalue weighted by Gasteiger charge is -2.12. The summed E-state index contributed by atoms with van der Waals surface area (Å²) in [7, 11) is 1.97. The average Bonchev–Trinajstić information content (AvgIpc) is 2.63. The van der Waals surface area contributed by atoms with E-state index < -0.39 is 0 Å². The summed E-state index contributed by atoms with van der Waals surface area (Å²) >= 11 is 1.65. The van der Waals surface area contributed by atoms with E-state index in [0.717, 1.165) is 12.1 Å². The molecule has 0 aliphatic rings. The molecule has 0 bridgehead atoms. The Kier molecular flexibility index (Phi) is 5.37. The van der Waals surface area contributed by atoms with Crippen molar-refractivity contribution in [2.24, 2.45) is 0 Å². The van der Waals surface area contributed by atoms with Crippen molar-refractivity contribution < 1.29 is 10.2 Å². The monoisotopic (exact) mass is 225 g/mol. The van der Waals surface area contributed by atoms with Gasteiger partial charge in [-0.2, -0.15) is 0 Å². The molecule has 0 fully saturated rings. The molecule has 15 heavy (non-hydrogen) atoms. The Morgan fingerprint density at radius 3 is 2.93 bits per heavy atom. The average molecular weight is 225 g/mol. The first kappa shape index (κ1) is 12.2. The fraction of sp³-hybridized carbons (Fsp3) is 0.455. The van der Waals surface area contributed by atoms with Gasteiger partial charge in [0.2, 0.25) is 0 Å². The number of hydrogen-bond donors (Lipinski definition) is 2. The summed E-state index contributed by atoms with van der Waals surface area (Å²) in [4.78, 5) is 3.27. The first-order valence-corrected chi connectivity index (χ1v) is 5.60. The molecule has 0 spiro atoms. The molecule has 1 heterocycles. The van der Waals surface area contributed by atoms with Crippen LogP contribution in [0.25, 0.3) is 0 Å². The van der Waals surface area contributed by atoms with Crippen molar-refractivity contribution in [3.05, 3.63) is 21.9 Å². The minimum atomic E-state index is -0.102. The van der Waals surface area contributed by atoms with Crippen LogP contribution in [0.2, 0.25) is 0 Å². The molecule has 0 amide bonds. The Morgan fingerprint density at radius 1 is 1.47 bits per heavy atom. The Labute approximate surface area is 94.0 Å². The minimum absolute atomic E-state index is 0.102. The van der Waals surface area contributed by atoms with E-state index in [1.807, 2.05) is 18.5 Å². The highest BCUT2D eigenvalue weighted by atomic mass is 32.1. The number of likely N-dealkylation sites (N-methyl/N-ethyl adjacent to an activating group) is 1. The van der Waals surface area contributed by atoms with Crippen molar-refractivity contribution in [2.45, 2.75) is 6.54 Å². The van der Waals surface area contributed by atoms with Gasteiger partial charge in [0, 0.05) is 28.9 Å². The lowest BCUT2D eigenvalue weighted by atomic mass is 10.3. The number of hydrogen-bond acceptors (Lipinski definition) is 4. The van der Waals surface area contributed by atoms with Crippen LogP contribution in [0.4, 0.5) is 0 Å². The molecule has 0 atom stereocenters. The first-order valence-electron chi connectivity index (χ1n) is 4.73. The lowest BCUT2D eigenvalue weighted by molar-refractivity contribution is 0.218. The highest BCUT2D eigenvalue weighted by Gasteiger charge is 2.01. The molecule has 2 N–H and O–H groups in total. The van der Waals surface area contributed by atoms with Gasteiger partial charge in [-0.3, -0.25) is 4.90 Å². The second kappa shape index (κ2) is 6.59. The Balaban J connectivity index is 2.52. The van der Waals surface area contributed by atoms with E-state index in [2.05, 4.69) is 16.7 Å². The lowest BCUT2D eigenvalue weighted by Crippen LogP contribution is -2.20. The van der Waals surface area contributed by atoms with E-state index in [1.165, 1.54) is 4.88 Å². The molecular formula is C11H15NO2S. The Bertz CT molecular complexity index is 351. The fourth-order valence-electron chi connectivity index (χ4n) is 1.19. The van der Waals surface area contributed by atoms with E-state index in [9.17, 15) is 0 Å². The standard InChI is InChI=1S/C11H15NO2S/c1-12(4-6-14)8-11-7-10(9-15-11)3-2-5-13/h7,9,13-14H,4-6,8H2,1H3. The molecule has 3 nitrogen and oxygen atoms in total. The van der Waals surface area contributed by atoms with Crippen LogP contribution in [0.5, 0.6) is 0 Å². The molecular weight excluding hydrogens is 210 g/mol. The predicted molar refractivity (Wildman–Crippen MR) is 61.7 cm³/mol. The van der Waals surface area contributed by atoms with Crippen molar-refractivity contribution in [1.29, 1.82) is 0 Å². The summed E-state index contributed by atoms with van der Waals surface area (Å²) in [6, 6.07) is 2.02. The van der Waals surface area contributed by atoms with Crippen LogP contribution in [0.3, 0.4) is 0 Å². The zero-order chi connectivity index (χ0) is 11.1. The smallest absolute Gasteiger partial charge is 0.104 e. The number of aliphatic hydroxyl groups is 2. The first-order chi connectivity index (χ1) is 7.26. The van der Waals surface area contributed by atoms with Crippen molar-refractivity contribution in [3.8, 4) is 11.8 Å². The number of thiophene rings is 1. The summed E-state index contributed by atoms with van der Waals surface area (Å²) in [5.41, 5.74) is 0.946. The largest absolute Gasteiger partial charge is 0.395 e. The van der Waals surface area contributed by atoms with Gasteiger partial charge in [-0.15, -0.1) is 11.3 Å². The number of aliphatic hydroxyl groups excluding tert-OH is 2. The van der Waals surface area contributed by atoms with Gasteiger partial charge in [-0.05, 0) is 13.1 Å². The SMILES string of the molecule is CN(CCO)Cc1cc(C#CCO)cs1. The highest BCUT2D eigenvalue weighted by Crippen LogP contribution is 2.15. The maximum Gasteiger partial charge on any atom is 0.104 e. The zero-order valence-corrected chi connectivity index (χ0v) is 9.55. The van der Waals surface area contributed by atoms with Gasteiger partial charge in [0.1, 0.15) is 6.61 Å². The van der Waals surface area contributed by atoms with E-state index in [4.69, 9.17) is 10.2 Å². The van der Waals surface area contributed by atoms with E-state index in [0.29, 0.717) is 6.54 Å². The Hall–Kier alpha value is -0.860.